The van der Waals surface area contributed by atoms with Gasteiger partial charge in [-0.25, -0.2) is 13.4 Å². The van der Waals surface area contributed by atoms with E-state index in [1.54, 1.807) is 11.4 Å². The van der Waals surface area contributed by atoms with Gasteiger partial charge in [-0.05, 0) is 30.0 Å². The molecule has 0 unspecified atom stereocenters. The Hall–Kier alpha value is -3.01. The van der Waals surface area contributed by atoms with Gasteiger partial charge in [0.1, 0.15) is 21.4 Å². The van der Waals surface area contributed by atoms with E-state index in [-0.39, 0.29) is 10.8 Å². The third-order valence-electron chi connectivity index (χ3n) is 4.68. The van der Waals surface area contributed by atoms with Gasteiger partial charge >= 0.3 is 0 Å². The average Bonchev–Trinajstić information content (AvgIpc) is 3.39. The Balaban J connectivity index is 1.66. The Morgan fingerprint density at radius 3 is 2.60 bits per heavy atom. The van der Waals surface area contributed by atoms with Crippen molar-refractivity contribution in [2.75, 3.05) is 18.9 Å². The Bertz CT molecular complexity index is 1300. The maximum absolute atomic E-state index is 12.8. The fourth-order valence-electron chi connectivity index (χ4n) is 3.14. The van der Waals surface area contributed by atoms with E-state index in [4.69, 9.17) is 4.98 Å². The van der Waals surface area contributed by atoms with E-state index >= 15 is 0 Å². The number of aromatic nitrogens is 2. The standard InChI is InChI=1S/C21H20N4O3S2/c1-15-8-6-12-25-20(15)23-19(16-9-4-3-5-10-16)21(25)22-17(26)14-24(2)30(27,28)18-11-7-13-29-18/h3-13H,14H2,1-2H3,(H,22,26). The summed E-state index contributed by atoms with van der Waals surface area (Å²) in [6.45, 7) is 1.64. The van der Waals surface area contributed by atoms with Crippen molar-refractivity contribution in [2.24, 2.45) is 0 Å². The molecule has 3 aromatic heterocycles. The van der Waals surface area contributed by atoms with E-state index in [9.17, 15) is 13.2 Å². The van der Waals surface area contributed by atoms with Crippen molar-refractivity contribution in [3.05, 3.63) is 71.7 Å². The average molecular weight is 441 g/mol. The molecule has 1 amide bonds. The van der Waals surface area contributed by atoms with Crippen molar-refractivity contribution in [2.45, 2.75) is 11.1 Å². The van der Waals surface area contributed by atoms with Crippen LogP contribution in [0, 0.1) is 6.92 Å². The van der Waals surface area contributed by atoms with Gasteiger partial charge in [-0.3, -0.25) is 9.20 Å². The van der Waals surface area contributed by atoms with Gasteiger partial charge in [0.05, 0.1) is 6.54 Å². The van der Waals surface area contributed by atoms with Gasteiger partial charge in [0, 0.05) is 18.8 Å². The van der Waals surface area contributed by atoms with Gasteiger partial charge in [-0.2, -0.15) is 4.31 Å². The highest BCUT2D eigenvalue weighted by molar-refractivity contribution is 7.91. The van der Waals surface area contributed by atoms with Crippen molar-refractivity contribution < 1.29 is 13.2 Å². The second-order valence-electron chi connectivity index (χ2n) is 6.80. The van der Waals surface area contributed by atoms with Crippen molar-refractivity contribution in [1.29, 1.82) is 0 Å². The number of likely N-dealkylation sites (N-methyl/N-ethyl adjacent to an activating group) is 1. The van der Waals surface area contributed by atoms with E-state index < -0.39 is 15.9 Å². The fraction of sp³-hybridized carbons (Fsp3) is 0.143. The second-order valence-corrected chi connectivity index (χ2v) is 10.0. The summed E-state index contributed by atoms with van der Waals surface area (Å²) in [6, 6.07) is 16.6. The number of carbonyl (C=O) groups is 1. The summed E-state index contributed by atoms with van der Waals surface area (Å²) in [5.74, 6) is 0.0601. The zero-order valence-corrected chi connectivity index (χ0v) is 18.1. The number of thiophene rings is 1. The summed E-state index contributed by atoms with van der Waals surface area (Å²) in [7, 11) is -2.32. The number of aryl methyl sites for hydroxylation is 1. The normalized spacial score (nSPS) is 11.8. The first kappa shape index (κ1) is 20.3. The third kappa shape index (κ3) is 3.74. The number of hydrogen-bond acceptors (Lipinski definition) is 5. The van der Waals surface area contributed by atoms with E-state index in [1.165, 1.54) is 13.1 Å². The smallest absolute Gasteiger partial charge is 0.252 e. The molecular formula is C21H20N4O3S2. The molecule has 0 aliphatic rings. The molecule has 0 radical (unpaired) electrons. The quantitative estimate of drug-likeness (QED) is 0.496. The monoisotopic (exact) mass is 440 g/mol. The number of imidazole rings is 1. The lowest BCUT2D eigenvalue weighted by atomic mass is 10.1. The first-order chi connectivity index (χ1) is 14.4. The van der Waals surface area contributed by atoms with Crippen molar-refractivity contribution in [3.8, 4) is 11.3 Å². The largest absolute Gasteiger partial charge is 0.309 e. The van der Waals surface area contributed by atoms with Gasteiger partial charge in [0.25, 0.3) is 10.0 Å². The van der Waals surface area contributed by atoms with Gasteiger partial charge in [0.15, 0.2) is 0 Å². The molecule has 0 spiro atoms. The molecular weight excluding hydrogens is 420 g/mol. The number of nitrogens with zero attached hydrogens (tertiary/aromatic N) is 3. The van der Waals surface area contributed by atoms with Crippen LogP contribution < -0.4 is 5.32 Å². The summed E-state index contributed by atoms with van der Waals surface area (Å²) >= 11 is 1.12. The molecule has 1 aromatic carbocycles. The summed E-state index contributed by atoms with van der Waals surface area (Å²) < 4.78 is 28.3. The van der Waals surface area contributed by atoms with Crippen LogP contribution >= 0.6 is 11.3 Å². The number of anilines is 1. The predicted octanol–water partition coefficient (Wildman–Crippen LogP) is 3.63. The first-order valence-electron chi connectivity index (χ1n) is 9.20. The van der Waals surface area contributed by atoms with Crippen LogP contribution in [0.1, 0.15) is 5.56 Å². The van der Waals surface area contributed by atoms with E-state index in [1.807, 2.05) is 60.0 Å². The number of carbonyl (C=O) groups excluding carboxylic acids is 1. The molecule has 0 atom stereocenters. The minimum absolute atomic E-state index is 0.202. The van der Waals surface area contributed by atoms with Crippen molar-refractivity contribution in [1.82, 2.24) is 13.7 Å². The van der Waals surface area contributed by atoms with E-state index in [2.05, 4.69) is 5.32 Å². The highest BCUT2D eigenvalue weighted by Crippen LogP contribution is 2.30. The Labute approximate surface area is 178 Å². The molecule has 30 heavy (non-hydrogen) atoms. The Morgan fingerprint density at radius 2 is 1.90 bits per heavy atom. The number of pyridine rings is 1. The number of benzene rings is 1. The molecule has 0 saturated heterocycles. The van der Waals surface area contributed by atoms with Gasteiger partial charge in [-0.1, -0.05) is 42.5 Å². The van der Waals surface area contributed by atoms with E-state index in [0.29, 0.717) is 11.5 Å². The number of nitrogens with one attached hydrogen (secondary N) is 1. The van der Waals surface area contributed by atoms with Gasteiger partial charge in [-0.15, -0.1) is 11.3 Å². The Kier molecular flexibility index (Phi) is 5.42. The lowest BCUT2D eigenvalue weighted by molar-refractivity contribution is -0.116. The number of fused-ring (bicyclic) bond motifs is 1. The molecule has 0 saturated carbocycles. The highest BCUT2D eigenvalue weighted by Gasteiger charge is 2.25. The molecule has 0 aliphatic heterocycles. The SMILES string of the molecule is Cc1cccn2c(NC(=O)CN(C)S(=O)(=O)c3cccs3)c(-c3ccccc3)nc12. The summed E-state index contributed by atoms with van der Waals surface area (Å²) in [4.78, 5) is 17.5. The van der Waals surface area contributed by atoms with Crippen LogP contribution in [0.15, 0.2) is 70.4 Å². The molecule has 0 aliphatic carbocycles. The third-order valence-corrected chi connectivity index (χ3v) is 7.85. The van der Waals surface area contributed by atoms with Crippen molar-refractivity contribution >= 4 is 38.7 Å². The minimum atomic E-state index is -3.71. The molecule has 0 bridgehead atoms. The molecule has 4 rings (SSSR count). The number of rotatable bonds is 6. The zero-order chi connectivity index (χ0) is 21.3. The number of sulfonamides is 1. The zero-order valence-electron chi connectivity index (χ0n) is 16.4. The van der Waals surface area contributed by atoms with Crippen LogP contribution in [0.5, 0.6) is 0 Å². The molecule has 154 valence electrons. The summed E-state index contributed by atoms with van der Waals surface area (Å²) in [5.41, 5.74) is 3.18. The summed E-state index contributed by atoms with van der Waals surface area (Å²) in [6.07, 6.45) is 1.82. The van der Waals surface area contributed by atoms with Crippen LogP contribution in [0.3, 0.4) is 0 Å². The fourth-order valence-corrected chi connectivity index (χ4v) is 5.47. The van der Waals surface area contributed by atoms with Crippen LogP contribution in [0.25, 0.3) is 16.9 Å². The van der Waals surface area contributed by atoms with Crippen LogP contribution in [0.4, 0.5) is 5.82 Å². The maximum atomic E-state index is 12.8. The Morgan fingerprint density at radius 1 is 1.13 bits per heavy atom. The topological polar surface area (TPSA) is 83.8 Å². The highest BCUT2D eigenvalue weighted by atomic mass is 32.2. The number of amides is 1. The molecule has 9 heteroatoms. The molecule has 7 nitrogen and oxygen atoms in total. The lowest BCUT2D eigenvalue weighted by Crippen LogP contribution is -2.34. The van der Waals surface area contributed by atoms with Crippen LogP contribution in [-0.2, 0) is 14.8 Å². The van der Waals surface area contributed by atoms with Crippen LogP contribution in [0.2, 0.25) is 0 Å². The number of hydrogen-bond donors (Lipinski definition) is 1. The van der Waals surface area contributed by atoms with Crippen molar-refractivity contribution in [3.63, 3.8) is 0 Å². The lowest BCUT2D eigenvalue weighted by Gasteiger charge is -2.16. The predicted molar refractivity (Wildman–Crippen MR) is 118 cm³/mol. The minimum Gasteiger partial charge on any atom is -0.309 e. The second kappa shape index (κ2) is 8.02. The van der Waals surface area contributed by atoms with E-state index in [0.717, 1.165) is 32.4 Å². The summed E-state index contributed by atoms with van der Waals surface area (Å²) in [5, 5.41) is 4.55. The van der Waals surface area contributed by atoms with Crippen LogP contribution in [-0.4, -0.2) is 41.6 Å². The van der Waals surface area contributed by atoms with Gasteiger partial charge in [0.2, 0.25) is 5.91 Å². The first-order valence-corrected chi connectivity index (χ1v) is 11.5. The van der Waals surface area contributed by atoms with Gasteiger partial charge < -0.3 is 5.32 Å². The maximum Gasteiger partial charge on any atom is 0.252 e. The molecule has 1 N–H and O–H groups in total. The molecule has 4 aromatic rings. The molecule has 3 heterocycles. The molecule has 0 fully saturated rings.